The van der Waals surface area contributed by atoms with Crippen molar-refractivity contribution in [3.63, 3.8) is 0 Å². The third-order valence-corrected chi connectivity index (χ3v) is 15.4. The summed E-state index contributed by atoms with van der Waals surface area (Å²) in [6.45, 7) is 10.1. The Morgan fingerprint density at radius 1 is 1.06 bits per heavy atom. The number of para-hydroxylation sites is 1. The molecule has 4 bridgehead atoms. The number of carbonyl (C=O) groups is 1. The van der Waals surface area contributed by atoms with E-state index in [1.807, 2.05) is 12.1 Å². The number of phenolic OH excluding ortho intramolecular Hbond substituents is 2. The molecule has 4 aliphatic heterocycles. The number of aromatic hydroxyl groups is 2. The Balaban J connectivity index is 1.20. The van der Waals surface area contributed by atoms with Crippen LogP contribution in [-0.4, -0.2) is 61.8 Å². The lowest BCUT2D eigenvalue weighted by Gasteiger charge is -2.40. The van der Waals surface area contributed by atoms with Gasteiger partial charge in [-0.3, -0.25) is 4.79 Å². The minimum atomic E-state index is -0.637. The lowest BCUT2D eigenvalue weighted by Crippen LogP contribution is -2.38. The summed E-state index contributed by atoms with van der Waals surface area (Å²) in [5.74, 6) is 9.28. The smallest absolute Gasteiger partial charge is 0.302 e. The van der Waals surface area contributed by atoms with Crippen molar-refractivity contribution in [3.05, 3.63) is 123 Å². The lowest BCUT2D eigenvalue weighted by atomic mass is 9.64. The highest BCUT2D eigenvalue weighted by Crippen LogP contribution is 2.64. The standard InChI is InChI=1S/C58H66N4O7/c1-6-60-47-12-8-7-10-35(47)14-16-41-37-22-24-58(29-37)30-38-26-40(64)28-50(66-5)52(38)44-19-18-43-46(32-67-34(4)63)56(69-57(43)54(44)58)53-36(11-9-13-48-42(41)20-21-51(59)62-48)27-49(65)55-45(53)17-15-39(31-68-55)61-25-23-33(2)3/h7-8,10,12,15,17-21,26-28,33,37,39,41,46,51,56,60-62,64-65H,6,11,14,16,22-25,29-32,59H2,1-5H3/t37-,39+,41-,46-,51?,56-,58+/m0/s1. The Hall–Kier alpha value is -6.35. The highest BCUT2D eigenvalue weighted by Gasteiger charge is 2.52. The number of anilines is 1. The van der Waals surface area contributed by atoms with E-state index in [0.29, 0.717) is 30.4 Å². The number of hydrogen-bond donors (Lipinski definition) is 6. The average Bonchev–Trinajstić information content (AvgIpc) is 3.83. The van der Waals surface area contributed by atoms with Crippen LogP contribution in [-0.2, 0) is 34.2 Å². The van der Waals surface area contributed by atoms with Crippen LogP contribution in [0.4, 0.5) is 5.69 Å². The van der Waals surface area contributed by atoms with Crippen molar-refractivity contribution >= 4 is 17.7 Å². The molecule has 7 atom stereocenters. The molecule has 0 amide bonds. The first kappa shape index (κ1) is 46.4. The zero-order valence-corrected chi connectivity index (χ0v) is 40.5. The van der Waals surface area contributed by atoms with Crippen molar-refractivity contribution in [1.82, 2.24) is 10.6 Å². The van der Waals surface area contributed by atoms with Gasteiger partial charge in [-0.25, -0.2) is 0 Å². The summed E-state index contributed by atoms with van der Waals surface area (Å²) in [7, 11) is 1.66. The van der Waals surface area contributed by atoms with Crippen LogP contribution >= 0.6 is 0 Å². The summed E-state index contributed by atoms with van der Waals surface area (Å²) in [6, 6.07) is 18.2. The van der Waals surface area contributed by atoms with E-state index >= 15 is 0 Å². The minimum absolute atomic E-state index is 0.0298. The van der Waals surface area contributed by atoms with Crippen LogP contribution in [0.25, 0.3) is 17.2 Å². The summed E-state index contributed by atoms with van der Waals surface area (Å²) < 4.78 is 26.2. The third kappa shape index (κ3) is 8.83. The Morgan fingerprint density at radius 3 is 2.72 bits per heavy atom. The number of phenols is 2. The third-order valence-electron chi connectivity index (χ3n) is 15.4. The minimum Gasteiger partial charge on any atom is -0.508 e. The Kier molecular flexibility index (Phi) is 12.9. The maximum absolute atomic E-state index is 12.7. The van der Waals surface area contributed by atoms with E-state index < -0.39 is 18.2 Å². The summed E-state index contributed by atoms with van der Waals surface area (Å²) in [5.41, 5.74) is 18.2. The molecule has 7 N–H and O–H groups in total. The number of ether oxygens (including phenoxy) is 4. The highest BCUT2D eigenvalue weighted by atomic mass is 16.5. The van der Waals surface area contributed by atoms with Crippen molar-refractivity contribution in [3.8, 4) is 51.7 Å². The fourth-order valence-electron chi connectivity index (χ4n) is 12.3. The molecule has 0 aromatic heterocycles. The average molecular weight is 931 g/mol. The first-order valence-electron chi connectivity index (χ1n) is 25.0. The predicted molar refractivity (Wildman–Crippen MR) is 271 cm³/mol. The molecule has 4 aromatic carbocycles. The van der Waals surface area contributed by atoms with Gasteiger partial charge in [0.15, 0.2) is 11.5 Å². The number of fused-ring (bicyclic) bond motifs is 8. The van der Waals surface area contributed by atoms with E-state index in [1.165, 1.54) is 12.5 Å². The summed E-state index contributed by atoms with van der Waals surface area (Å²) in [4.78, 5) is 12.7. The quantitative estimate of drug-likeness (QED) is 0.0595. The molecule has 1 unspecified atom stereocenters. The SMILES string of the molecule is CCNc1ccccc1CC[C@@H]1C2=C(C#CCc3cc(O)c4c(c3[C@H]3Oc5c(ccc6c5[C@@]5(CC[C@H]1C5)Cc1cc(O)cc(OC)c1-6)[C@@H]3COC(C)=O)C=C[C@@H](NCCC(C)C)CO4)NC(N)C=C2. The Morgan fingerprint density at radius 2 is 1.91 bits per heavy atom. The van der Waals surface area contributed by atoms with E-state index in [0.717, 1.165) is 119 Å². The molecule has 0 saturated heterocycles. The molecule has 1 fully saturated rings. The van der Waals surface area contributed by atoms with Gasteiger partial charge in [-0.05, 0) is 134 Å². The summed E-state index contributed by atoms with van der Waals surface area (Å²) in [6.07, 6.45) is 13.8. The van der Waals surface area contributed by atoms with Crippen LogP contribution in [0.3, 0.4) is 0 Å². The molecule has 10 rings (SSSR count). The van der Waals surface area contributed by atoms with Gasteiger partial charge >= 0.3 is 5.97 Å². The molecule has 360 valence electrons. The number of esters is 1. The largest absolute Gasteiger partial charge is 0.508 e. The van der Waals surface area contributed by atoms with Crippen molar-refractivity contribution in [2.24, 2.45) is 23.5 Å². The molecular formula is C58H66N4O7. The second-order valence-corrected chi connectivity index (χ2v) is 20.3. The highest BCUT2D eigenvalue weighted by molar-refractivity contribution is 5.84. The van der Waals surface area contributed by atoms with E-state index in [2.05, 4.69) is 103 Å². The van der Waals surface area contributed by atoms with Gasteiger partial charge in [0, 0.05) is 64.9 Å². The first-order chi connectivity index (χ1) is 33.4. The molecule has 69 heavy (non-hydrogen) atoms. The second kappa shape index (κ2) is 19.2. The number of nitrogens with one attached hydrogen (secondary N) is 3. The number of hydrogen-bond acceptors (Lipinski definition) is 11. The molecule has 11 nitrogen and oxygen atoms in total. The van der Waals surface area contributed by atoms with Crippen LogP contribution in [0.2, 0.25) is 0 Å². The van der Waals surface area contributed by atoms with Crippen LogP contribution in [0.5, 0.6) is 28.7 Å². The fourth-order valence-corrected chi connectivity index (χ4v) is 12.3. The zero-order chi connectivity index (χ0) is 48.0. The number of rotatable bonds is 12. The fraction of sp³-hybridized carbons (Fsp3) is 0.431. The molecule has 2 aliphatic carbocycles. The topological polar surface area (TPSA) is 157 Å². The maximum atomic E-state index is 12.7. The number of allylic oxidation sites excluding steroid dienone is 3. The molecular weight excluding hydrogens is 865 g/mol. The molecule has 1 saturated carbocycles. The first-order valence-corrected chi connectivity index (χ1v) is 25.0. The number of benzene rings is 4. The van der Waals surface area contributed by atoms with Gasteiger partial charge in [-0.2, -0.15) is 0 Å². The number of methoxy groups -OCH3 is 1. The summed E-state index contributed by atoms with van der Waals surface area (Å²) in [5, 5.41) is 33.9. The number of dihydropyridines is 1. The van der Waals surface area contributed by atoms with E-state index in [4.69, 9.17) is 24.7 Å². The molecule has 1 spiro atoms. The normalized spacial score (nSPS) is 24.7. The summed E-state index contributed by atoms with van der Waals surface area (Å²) >= 11 is 0. The zero-order valence-electron chi connectivity index (χ0n) is 40.5. The van der Waals surface area contributed by atoms with Crippen LogP contribution in [0.1, 0.15) is 111 Å². The van der Waals surface area contributed by atoms with Crippen molar-refractivity contribution in [2.75, 3.05) is 38.7 Å². The van der Waals surface area contributed by atoms with Crippen LogP contribution in [0, 0.1) is 29.6 Å². The Bertz CT molecular complexity index is 2820. The molecule has 4 heterocycles. The monoisotopic (exact) mass is 930 g/mol. The van der Waals surface area contributed by atoms with Gasteiger partial charge in [0.05, 0.1) is 30.9 Å². The van der Waals surface area contributed by atoms with Gasteiger partial charge in [0.2, 0.25) is 0 Å². The van der Waals surface area contributed by atoms with E-state index in [-0.39, 0.29) is 53.8 Å². The second-order valence-electron chi connectivity index (χ2n) is 20.3. The molecule has 6 aliphatic rings. The van der Waals surface area contributed by atoms with Crippen molar-refractivity contribution in [1.29, 1.82) is 0 Å². The van der Waals surface area contributed by atoms with Crippen LogP contribution < -0.4 is 35.9 Å². The predicted octanol–water partition coefficient (Wildman–Crippen LogP) is 9.50. The Labute approximate surface area is 406 Å². The van der Waals surface area contributed by atoms with Gasteiger partial charge in [0.1, 0.15) is 36.6 Å². The number of aryl methyl sites for hydroxylation is 1. The van der Waals surface area contributed by atoms with Gasteiger partial charge in [-0.1, -0.05) is 68.3 Å². The number of nitrogens with two attached hydrogens (primary N) is 1. The molecule has 4 aromatic rings. The van der Waals surface area contributed by atoms with E-state index in [1.54, 1.807) is 19.2 Å². The van der Waals surface area contributed by atoms with Crippen LogP contribution in [0.15, 0.2) is 84.1 Å². The van der Waals surface area contributed by atoms with Gasteiger partial charge in [-0.15, -0.1) is 0 Å². The molecule has 11 heteroatoms. The lowest BCUT2D eigenvalue weighted by molar-refractivity contribution is -0.141. The van der Waals surface area contributed by atoms with Crippen molar-refractivity contribution < 1.29 is 34.0 Å². The number of carbonyl (C=O) groups excluding carboxylic acids is 1. The van der Waals surface area contributed by atoms with Crippen molar-refractivity contribution in [2.45, 2.75) is 109 Å². The molecule has 0 radical (unpaired) electrons. The van der Waals surface area contributed by atoms with E-state index in [9.17, 15) is 15.0 Å². The van der Waals surface area contributed by atoms with Gasteiger partial charge in [0.25, 0.3) is 0 Å². The maximum Gasteiger partial charge on any atom is 0.302 e. The van der Waals surface area contributed by atoms with Gasteiger partial charge < -0.3 is 50.8 Å².